The van der Waals surface area contributed by atoms with Gasteiger partial charge in [-0.25, -0.2) is 9.97 Å². The van der Waals surface area contributed by atoms with Gasteiger partial charge >= 0.3 is 0 Å². The number of hydrogen-bond donors (Lipinski definition) is 2. The summed E-state index contributed by atoms with van der Waals surface area (Å²) in [6.45, 7) is 0. The topological polar surface area (TPSA) is 75.7 Å². The predicted molar refractivity (Wildman–Crippen MR) is 39.3 cm³/mol. The van der Waals surface area contributed by atoms with Crippen molar-refractivity contribution in [1.82, 2.24) is 9.97 Å². The van der Waals surface area contributed by atoms with Crippen LogP contribution in [0.2, 0.25) is 5.15 Å². The van der Waals surface area contributed by atoms with Crippen LogP contribution in [0.15, 0.2) is 6.33 Å². The zero-order chi connectivity index (χ0) is 7.56. The molecule has 0 aliphatic heterocycles. The minimum absolute atomic E-state index is 0.211. The maximum absolute atomic E-state index is 6.86. The Morgan fingerprint density at radius 1 is 1.60 bits per heavy atom. The first-order valence-corrected chi connectivity index (χ1v) is 2.90. The largest absolute Gasteiger partial charge is 0.383 e. The maximum Gasteiger partial charge on any atom is 0.143 e. The fourth-order valence-electron chi connectivity index (χ4n) is 0.520. The van der Waals surface area contributed by atoms with Gasteiger partial charge < -0.3 is 11.1 Å². The molecule has 0 radical (unpaired) electrons. The van der Waals surface area contributed by atoms with Gasteiger partial charge in [0.05, 0.1) is 5.56 Å². The Hall–Kier alpha value is -1.16. The molecule has 0 atom stereocenters. The summed E-state index contributed by atoms with van der Waals surface area (Å²) in [5.74, 6) is 0.231. The first kappa shape index (κ1) is 6.95. The normalized spacial score (nSPS) is 9.30. The third kappa shape index (κ3) is 1.06. The lowest BCUT2D eigenvalue weighted by Crippen LogP contribution is -1.98. The van der Waals surface area contributed by atoms with Crippen LogP contribution in [0, 0.1) is 5.41 Å². The van der Waals surface area contributed by atoms with Gasteiger partial charge in [-0.05, 0) is 0 Å². The van der Waals surface area contributed by atoms with Gasteiger partial charge in [0.2, 0.25) is 0 Å². The summed E-state index contributed by atoms with van der Waals surface area (Å²) in [5.41, 5.74) is 5.71. The number of nitrogens with zero attached hydrogens (tertiary/aromatic N) is 2. The van der Waals surface area contributed by atoms with Crippen molar-refractivity contribution >= 4 is 23.6 Å². The van der Waals surface area contributed by atoms with Gasteiger partial charge in [0.25, 0.3) is 0 Å². The molecule has 4 nitrogen and oxygen atoms in total. The van der Waals surface area contributed by atoms with Gasteiger partial charge in [-0.2, -0.15) is 0 Å². The predicted octanol–water partition coefficient (Wildman–Crippen LogP) is 0.710. The minimum atomic E-state index is 0.211. The molecule has 0 fully saturated rings. The summed E-state index contributed by atoms with van der Waals surface area (Å²) in [7, 11) is 0. The van der Waals surface area contributed by atoms with Crippen LogP contribution in [0.3, 0.4) is 0 Å². The van der Waals surface area contributed by atoms with E-state index in [0.29, 0.717) is 5.56 Å². The first-order chi connectivity index (χ1) is 4.75. The van der Waals surface area contributed by atoms with E-state index in [4.69, 9.17) is 22.7 Å². The van der Waals surface area contributed by atoms with Gasteiger partial charge in [0.1, 0.15) is 17.3 Å². The van der Waals surface area contributed by atoms with Crippen molar-refractivity contribution in [3.63, 3.8) is 0 Å². The lowest BCUT2D eigenvalue weighted by molar-refractivity contribution is 1.17. The van der Waals surface area contributed by atoms with Crippen molar-refractivity contribution in [1.29, 1.82) is 5.41 Å². The Morgan fingerprint density at radius 2 is 2.30 bits per heavy atom. The molecule has 1 heterocycles. The van der Waals surface area contributed by atoms with E-state index in [-0.39, 0.29) is 11.0 Å². The average molecular weight is 157 g/mol. The molecule has 10 heavy (non-hydrogen) atoms. The fourth-order valence-corrected chi connectivity index (χ4v) is 0.715. The summed E-state index contributed by atoms with van der Waals surface area (Å²) >= 11 is 5.55. The van der Waals surface area contributed by atoms with Crippen LogP contribution in [0.4, 0.5) is 5.82 Å². The highest BCUT2D eigenvalue weighted by atomic mass is 35.5. The quantitative estimate of drug-likeness (QED) is 0.465. The van der Waals surface area contributed by atoms with Crippen LogP contribution < -0.4 is 5.73 Å². The summed E-state index contributed by atoms with van der Waals surface area (Å²) in [5, 5.41) is 7.07. The molecule has 0 bridgehead atoms. The fraction of sp³-hybridized carbons (Fsp3) is 0. The van der Waals surface area contributed by atoms with Crippen LogP contribution in [0.1, 0.15) is 5.56 Å². The maximum atomic E-state index is 6.86. The van der Waals surface area contributed by atoms with E-state index in [1.807, 2.05) is 0 Å². The van der Waals surface area contributed by atoms with E-state index in [2.05, 4.69) is 9.97 Å². The second-order valence-corrected chi connectivity index (χ2v) is 1.97. The number of rotatable bonds is 1. The molecule has 1 rings (SSSR count). The van der Waals surface area contributed by atoms with Gasteiger partial charge in [-0.3, -0.25) is 0 Å². The highest BCUT2D eigenvalue weighted by Crippen LogP contribution is 2.13. The van der Waals surface area contributed by atoms with Gasteiger partial charge in [0.15, 0.2) is 0 Å². The summed E-state index contributed by atoms with van der Waals surface area (Å²) in [6.07, 6.45) is 2.28. The average Bonchev–Trinajstić information content (AvgIpc) is 1.88. The van der Waals surface area contributed by atoms with Crippen LogP contribution in [-0.2, 0) is 0 Å². The van der Waals surface area contributed by atoms with E-state index in [9.17, 15) is 0 Å². The second kappa shape index (κ2) is 2.62. The van der Waals surface area contributed by atoms with Crippen molar-refractivity contribution < 1.29 is 0 Å². The molecule has 0 saturated heterocycles. The van der Waals surface area contributed by atoms with Crippen molar-refractivity contribution in [2.24, 2.45) is 0 Å². The summed E-state index contributed by atoms with van der Waals surface area (Å²) < 4.78 is 0. The number of nitrogens with one attached hydrogen (secondary N) is 1. The van der Waals surface area contributed by atoms with Gasteiger partial charge in [-0.1, -0.05) is 11.6 Å². The Kier molecular flexibility index (Phi) is 1.82. The van der Waals surface area contributed by atoms with Crippen molar-refractivity contribution in [2.75, 3.05) is 5.73 Å². The molecule has 3 N–H and O–H groups in total. The standard InChI is InChI=1S/C5H5ClN4/c6-4-3(1-7)5(8)10-2-9-4/h1-2,7H,(H2,8,9,10). The van der Waals surface area contributed by atoms with E-state index >= 15 is 0 Å². The molecule has 5 heteroatoms. The van der Waals surface area contributed by atoms with Crippen LogP contribution in [0.5, 0.6) is 0 Å². The molecule has 0 saturated carbocycles. The molecule has 0 amide bonds. The summed E-state index contributed by atoms with van der Waals surface area (Å²) in [4.78, 5) is 7.28. The third-order valence-corrected chi connectivity index (χ3v) is 1.31. The van der Waals surface area contributed by atoms with Gasteiger partial charge in [0, 0.05) is 6.21 Å². The van der Waals surface area contributed by atoms with E-state index in [1.165, 1.54) is 6.33 Å². The summed E-state index contributed by atoms with van der Waals surface area (Å²) in [6, 6.07) is 0. The lowest BCUT2D eigenvalue weighted by Gasteiger charge is -1.96. The molecule has 1 aromatic rings. The van der Waals surface area contributed by atoms with E-state index < -0.39 is 0 Å². The molecular weight excluding hydrogens is 152 g/mol. The zero-order valence-electron chi connectivity index (χ0n) is 5.00. The Bertz CT molecular complexity index is 240. The Balaban J connectivity index is 3.30. The number of anilines is 1. The molecule has 0 aliphatic carbocycles. The van der Waals surface area contributed by atoms with E-state index in [1.54, 1.807) is 0 Å². The number of halogens is 1. The molecule has 1 aromatic heterocycles. The first-order valence-electron chi connectivity index (χ1n) is 2.52. The smallest absolute Gasteiger partial charge is 0.143 e. The highest BCUT2D eigenvalue weighted by Gasteiger charge is 2.01. The monoisotopic (exact) mass is 156 g/mol. The highest BCUT2D eigenvalue weighted by molar-refractivity contribution is 6.32. The third-order valence-electron chi connectivity index (χ3n) is 1.01. The van der Waals surface area contributed by atoms with Crippen molar-refractivity contribution in [3.8, 4) is 0 Å². The zero-order valence-corrected chi connectivity index (χ0v) is 5.76. The molecule has 0 unspecified atom stereocenters. The van der Waals surface area contributed by atoms with Crippen molar-refractivity contribution in [2.45, 2.75) is 0 Å². The Morgan fingerprint density at radius 3 is 2.70 bits per heavy atom. The molecule has 52 valence electrons. The SMILES string of the molecule is N=Cc1c(N)ncnc1Cl. The van der Waals surface area contributed by atoms with Crippen LogP contribution in [-0.4, -0.2) is 16.2 Å². The number of nitrogens with two attached hydrogens (primary N) is 1. The molecular formula is C5H5ClN4. The number of aromatic nitrogens is 2. The minimum Gasteiger partial charge on any atom is -0.383 e. The van der Waals surface area contributed by atoms with E-state index in [0.717, 1.165) is 6.21 Å². The van der Waals surface area contributed by atoms with Crippen molar-refractivity contribution in [3.05, 3.63) is 17.0 Å². The molecule has 0 aromatic carbocycles. The number of hydrogen-bond acceptors (Lipinski definition) is 4. The Labute approximate surface area is 62.6 Å². The molecule has 0 aliphatic rings. The molecule has 0 spiro atoms. The van der Waals surface area contributed by atoms with Crippen LogP contribution >= 0.6 is 11.6 Å². The second-order valence-electron chi connectivity index (χ2n) is 1.61. The lowest BCUT2D eigenvalue weighted by atomic mass is 10.3. The van der Waals surface area contributed by atoms with Gasteiger partial charge in [-0.15, -0.1) is 0 Å². The number of nitrogen functional groups attached to an aromatic ring is 1. The van der Waals surface area contributed by atoms with Crippen LogP contribution in [0.25, 0.3) is 0 Å².